The summed E-state index contributed by atoms with van der Waals surface area (Å²) < 4.78 is 0. The van der Waals surface area contributed by atoms with Crippen LogP contribution in [0.1, 0.15) is 80.1 Å². The Labute approximate surface area is 269 Å². The molecule has 0 aliphatic carbocycles. The molecule has 4 aromatic rings. The fraction of sp³-hybridized carbons (Fsp3) is 0.235. The van der Waals surface area contributed by atoms with E-state index in [2.05, 4.69) is 13.2 Å². The number of hydrogen-bond acceptors (Lipinski definition) is 2. The molecule has 4 aromatic heterocycles. The summed E-state index contributed by atoms with van der Waals surface area (Å²) >= 11 is 0. The van der Waals surface area contributed by atoms with Gasteiger partial charge in [-0.2, -0.15) is 0 Å². The Morgan fingerprint density at radius 3 is 1.72 bits per heavy atom. The molecule has 0 spiro atoms. The van der Waals surface area contributed by atoms with Crippen molar-refractivity contribution in [3.63, 3.8) is 0 Å². The van der Waals surface area contributed by atoms with E-state index in [0.29, 0.717) is 40.3 Å². The van der Waals surface area contributed by atoms with Crippen molar-refractivity contribution in [1.82, 2.24) is 19.9 Å². The fourth-order valence-electron chi connectivity index (χ4n) is 5.61. The van der Waals surface area contributed by atoms with Crippen LogP contribution in [-0.4, -0.2) is 22.2 Å². The summed E-state index contributed by atoms with van der Waals surface area (Å²) in [7, 11) is 0. The van der Waals surface area contributed by atoms with Crippen LogP contribution in [0.4, 0.5) is 0 Å². The summed E-state index contributed by atoms with van der Waals surface area (Å²) in [5, 5.41) is 21.7. The number of fused-ring (bicyclic) bond motifs is 8. The Kier molecular flexibility index (Phi) is 9.40. The number of carboxylic acids is 2. The average molecular weight is 761 g/mol. The number of aromatic nitrogens is 4. The maximum Gasteiger partial charge on any atom is 0.303 e. The SMILES string of the molecule is C=Cc1c2[n-]c(c1C)/C=c1\[n-]/c(c(CCC(=O)O)c1C)=C\c1[n-]c(c(C)c1CCC(=O)O)/C=c1\[n-]/c(c(C)c1C=C)=C\2.[Hg]. The molecule has 218 valence electrons. The minimum atomic E-state index is -0.898. The van der Waals surface area contributed by atoms with Crippen LogP contribution < -0.4 is 41.3 Å². The van der Waals surface area contributed by atoms with Gasteiger partial charge in [-0.1, -0.05) is 83.0 Å². The summed E-state index contributed by atoms with van der Waals surface area (Å²) in [6.45, 7) is 15.9. The van der Waals surface area contributed by atoms with Gasteiger partial charge < -0.3 is 30.1 Å². The molecule has 0 amide bonds. The molecule has 1 aliphatic rings. The van der Waals surface area contributed by atoms with E-state index in [9.17, 15) is 19.8 Å². The van der Waals surface area contributed by atoms with Crippen molar-refractivity contribution in [2.24, 2.45) is 0 Å². The van der Waals surface area contributed by atoms with Crippen molar-refractivity contribution in [3.05, 3.63) is 102 Å². The summed E-state index contributed by atoms with van der Waals surface area (Å²) in [6.07, 6.45) is 11.7. The predicted molar refractivity (Wildman–Crippen MR) is 163 cm³/mol. The Morgan fingerprint density at radius 1 is 0.605 bits per heavy atom. The molecule has 0 atom stereocenters. The number of aliphatic carboxylic acids is 2. The maximum atomic E-state index is 11.5. The maximum absolute atomic E-state index is 11.5. The third kappa shape index (κ3) is 6.06. The van der Waals surface area contributed by atoms with E-state index in [1.165, 1.54) is 0 Å². The third-order valence-electron chi connectivity index (χ3n) is 8.06. The van der Waals surface area contributed by atoms with Crippen molar-refractivity contribution >= 4 is 48.4 Å². The number of carbonyl (C=O) groups is 2. The van der Waals surface area contributed by atoms with Crippen LogP contribution in [0.5, 0.6) is 0 Å². The molecule has 8 bridgehead atoms. The third-order valence-corrected chi connectivity index (χ3v) is 8.06. The van der Waals surface area contributed by atoms with Gasteiger partial charge in [-0.15, -0.1) is 44.2 Å². The quantitative estimate of drug-likeness (QED) is 0.229. The minimum Gasteiger partial charge on any atom is -0.657 e. The zero-order valence-corrected chi connectivity index (χ0v) is 30.4. The zero-order chi connectivity index (χ0) is 30.3. The molecule has 0 fully saturated rings. The van der Waals surface area contributed by atoms with E-state index in [4.69, 9.17) is 19.9 Å². The molecule has 0 saturated carbocycles. The van der Waals surface area contributed by atoms with Crippen LogP contribution in [0.2, 0.25) is 0 Å². The van der Waals surface area contributed by atoms with Crippen molar-refractivity contribution in [3.8, 4) is 0 Å². The van der Waals surface area contributed by atoms with Crippen LogP contribution in [-0.2, 0) is 50.1 Å². The summed E-state index contributed by atoms with van der Waals surface area (Å²) in [5.74, 6) is -1.80. The molecule has 5 rings (SSSR count). The monoisotopic (exact) mass is 762 g/mol. The van der Waals surface area contributed by atoms with E-state index in [1.807, 2.05) is 52.0 Å². The second kappa shape index (κ2) is 12.7. The molecule has 9 heteroatoms. The first-order valence-electron chi connectivity index (χ1n) is 13.8. The van der Waals surface area contributed by atoms with E-state index in [1.54, 1.807) is 12.2 Å². The first kappa shape index (κ1) is 31.9. The van der Waals surface area contributed by atoms with Crippen LogP contribution in [0.25, 0.3) is 36.5 Å². The van der Waals surface area contributed by atoms with Crippen LogP contribution in [0.3, 0.4) is 0 Å². The number of rotatable bonds is 8. The van der Waals surface area contributed by atoms with E-state index >= 15 is 0 Å². The summed E-state index contributed by atoms with van der Waals surface area (Å²) in [5.41, 5.74) is 9.84. The van der Waals surface area contributed by atoms with Crippen LogP contribution >= 0.6 is 0 Å². The molecule has 1 aliphatic heterocycles. The molecular weight excluding hydrogens is 729 g/mol. The van der Waals surface area contributed by atoms with Gasteiger partial charge >= 0.3 is 11.9 Å². The molecule has 2 N–H and O–H groups in total. The smallest absolute Gasteiger partial charge is 0.303 e. The van der Waals surface area contributed by atoms with Crippen molar-refractivity contribution in [2.75, 3.05) is 0 Å². The second-order valence-electron chi connectivity index (χ2n) is 10.6. The number of carboxylic acid groups (broad SMARTS) is 2. The standard InChI is InChI=1S/C34H32N4O4.Hg/c1-7-21-17(3)25-13-26-19(5)23(9-11-33(39)40)31(37-26)16-32-24(10-12-34(41)42)20(6)28(38-32)15-30-22(8-2)18(4)27(36-30)14-29(21)35-25;/h7-8,13-16H,1-2,9-12H2,3-6H3,(H,39,40)(H,41,42);/q-4;/b25-13?,26-13-,27-14-,28-15?,29-14?,30-15-,31-16-,32-16?;. The molecule has 5 heterocycles. The van der Waals surface area contributed by atoms with Crippen LogP contribution in [0, 0.1) is 27.7 Å². The van der Waals surface area contributed by atoms with Crippen molar-refractivity contribution < 1.29 is 47.5 Å². The fourth-order valence-corrected chi connectivity index (χ4v) is 5.61. The largest absolute Gasteiger partial charge is 0.657 e. The van der Waals surface area contributed by atoms with Crippen LogP contribution in [0.15, 0.2) is 13.2 Å². The van der Waals surface area contributed by atoms with Gasteiger partial charge in [-0.05, 0) is 51.7 Å². The molecule has 0 saturated heterocycles. The van der Waals surface area contributed by atoms with Crippen molar-refractivity contribution in [2.45, 2.75) is 53.4 Å². The number of nitrogens with zero attached hydrogens (tertiary/aromatic N) is 4. The first-order valence-corrected chi connectivity index (χ1v) is 13.8. The van der Waals surface area contributed by atoms with Gasteiger partial charge in [-0.25, -0.2) is 0 Å². The molecule has 0 aromatic carbocycles. The molecule has 43 heavy (non-hydrogen) atoms. The Morgan fingerprint density at radius 2 is 1.09 bits per heavy atom. The molecular formula is C34H32HgN4O4-4. The summed E-state index contributed by atoms with van der Waals surface area (Å²) in [4.78, 5) is 42.7. The van der Waals surface area contributed by atoms with Gasteiger partial charge in [0.15, 0.2) is 0 Å². The minimum absolute atomic E-state index is 0. The predicted octanol–water partition coefficient (Wildman–Crippen LogP) is 1.70. The zero-order valence-electron chi connectivity index (χ0n) is 24.9. The normalized spacial score (nSPS) is 15.0. The van der Waals surface area contributed by atoms with E-state index in [0.717, 1.165) is 61.2 Å². The van der Waals surface area contributed by atoms with E-state index < -0.39 is 11.9 Å². The second-order valence-corrected chi connectivity index (χ2v) is 10.6. The molecule has 0 radical (unpaired) electrons. The van der Waals surface area contributed by atoms with Gasteiger partial charge in [0.05, 0.1) is 0 Å². The Bertz CT molecular complexity index is 2030. The first-order chi connectivity index (χ1) is 20.0. The van der Waals surface area contributed by atoms with Gasteiger partial charge in [0, 0.05) is 40.5 Å². The van der Waals surface area contributed by atoms with Gasteiger partial charge in [0.25, 0.3) is 0 Å². The van der Waals surface area contributed by atoms with Gasteiger partial charge in [0.1, 0.15) is 0 Å². The molecule has 0 unspecified atom stereocenters. The topological polar surface area (TPSA) is 131 Å². The summed E-state index contributed by atoms with van der Waals surface area (Å²) in [6, 6.07) is 0. The average Bonchev–Trinajstić information content (AvgIpc) is 3.59. The van der Waals surface area contributed by atoms with Gasteiger partial charge in [-0.3, -0.25) is 9.59 Å². The Balaban J connectivity index is 0.00000423. The van der Waals surface area contributed by atoms with Crippen molar-refractivity contribution in [1.29, 1.82) is 0 Å². The molecule has 8 nitrogen and oxygen atoms in total. The number of hydrogen-bond donors (Lipinski definition) is 2. The Hall–Kier alpha value is -4.04. The van der Waals surface area contributed by atoms with E-state index in [-0.39, 0.29) is 40.5 Å². The van der Waals surface area contributed by atoms with Gasteiger partial charge in [0.2, 0.25) is 0 Å².